The fraction of sp³-hybridized carbons (Fsp3) is 0.333. The van der Waals surface area contributed by atoms with Crippen molar-refractivity contribution >= 4 is 28.8 Å². The number of nitrogens with two attached hydrogens (primary N) is 1. The number of primary amides is 1. The number of hydrogen-bond acceptors (Lipinski definition) is 2. The normalized spacial score (nSPS) is 14.5. The summed E-state index contributed by atoms with van der Waals surface area (Å²) in [4.78, 5) is 28.1. The Morgan fingerprint density at radius 1 is 1.33 bits per heavy atom. The first-order chi connectivity index (χ1) is 12.8. The van der Waals surface area contributed by atoms with E-state index >= 15 is 0 Å². The van der Waals surface area contributed by atoms with Gasteiger partial charge in [-0.3, -0.25) is 9.59 Å². The number of carbonyl (C=O) groups excluding carboxylic acids is 2. The second kappa shape index (κ2) is 7.39. The average molecular weight is 369 g/mol. The Balaban J connectivity index is 2.03. The van der Waals surface area contributed by atoms with Crippen LogP contribution in [0.4, 0.5) is 4.39 Å². The lowest BCUT2D eigenvalue weighted by Gasteiger charge is -2.27. The van der Waals surface area contributed by atoms with Crippen LogP contribution in [0.5, 0.6) is 0 Å². The summed E-state index contributed by atoms with van der Waals surface area (Å²) in [6.45, 7) is 8.59. The molecule has 0 atom stereocenters. The van der Waals surface area contributed by atoms with Gasteiger partial charge in [0, 0.05) is 29.7 Å². The summed E-state index contributed by atoms with van der Waals surface area (Å²) in [6, 6.07) is 1.39. The molecule has 1 aliphatic rings. The summed E-state index contributed by atoms with van der Waals surface area (Å²) in [5, 5.41) is 0.792. The van der Waals surface area contributed by atoms with Crippen LogP contribution in [0.1, 0.15) is 35.2 Å². The lowest BCUT2D eigenvalue weighted by molar-refractivity contribution is -0.126. The maximum atomic E-state index is 14.9. The van der Waals surface area contributed by atoms with E-state index in [1.165, 1.54) is 12.1 Å². The van der Waals surface area contributed by atoms with E-state index in [1.54, 1.807) is 4.90 Å². The molecular weight excluding hydrogens is 345 g/mol. The minimum absolute atomic E-state index is 0.0116. The Labute approximate surface area is 157 Å². The highest BCUT2D eigenvalue weighted by Crippen LogP contribution is 2.33. The lowest BCUT2D eigenvalue weighted by atomic mass is 9.95. The van der Waals surface area contributed by atoms with Gasteiger partial charge in [-0.15, -0.1) is 0 Å². The zero-order valence-corrected chi connectivity index (χ0v) is 15.7. The maximum absolute atomic E-state index is 14.9. The number of aromatic nitrogens is 1. The second-order valence-electron chi connectivity index (χ2n) is 7.03. The van der Waals surface area contributed by atoms with E-state index in [0.29, 0.717) is 37.1 Å². The standard InChI is InChI=1S/C21H24FN3O2/c1-4-19(27)25-7-5-14(6-8-25)9-16-17(22)10-15(11-18(23)26)21-20(16)12(2)13(3)24-21/h4,9-10,24H,1,5-8,11H2,2-3H3,(H2,23,26). The van der Waals surface area contributed by atoms with Gasteiger partial charge >= 0.3 is 0 Å². The van der Waals surface area contributed by atoms with Gasteiger partial charge in [-0.25, -0.2) is 4.39 Å². The maximum Gasteiger partial charge on any atom is 0.245 e. The Morgan fingerprint density at radius 2 is 2.00 bits per heavy atom. The average Bonchev–Trinajstić information content (AvgIpc) is 2.93. The van der Waals surface area contributed by atoms with Crippen molar-refractivity contribution in [2.45, 2.75) is 33.1 Å². The van der Waals surface area contributed by atoms with Gasteiger partial charge in [-0.1, -0.05) is 18.2 Å². The number of likely N-dealkylation sites (tertiary alicyclic amines) is 1. The van der Waals surface area contributed by atoms with E-state index in [4.69, 9.17) is 5.73 Å². The number of carbonyl (C=O) groups is 2. The molecule has 27 heavy (non-hydrogen) atoms. The molecule has 1 saturated heterocycles. The summed E-state index contributed by atoms with van der Waals surface area (Å²) in [5.41, 5.74) is 10.2. The molecule has 3 N–H and O–H groups in total. The van der Waals surface area contributed by atoms with Gasteiger partial charge < -0.3 is 15.6 Å². The summed E-state index contributed by atoms with van der Waals surface area (Å²) in [6.07, 6.45) is 4.60. The topological polar surface area (TPSA) is 79.2 Å². The van der Waals surface area contributed by atoms with Crippen LogP contribution in [-0.4, -0.2) is 34.8 Å². The third-order valence-corrected chi connectivity index (χ3v) is 5.25. The molecule has 0 radical (unpaired) electrons. The van der Waals surface area contributed by atoms with Gasteiger partial charge in [0.05, 0.1) is 11.9 Å². The molecule has 0 spiro atoms. The Morgan fingerprint density at radius 3 is 2.59 bits per heavy atom. The van der Waals surface area contributed by atoms with Crippen LogP contribution in [0.3, 0.4) is 0 Å². The first-order valence-corrected chi connectivity index (χ1v) is 9.01. The fourth-order valence-electron chi connectivity index (χ4n) is 3.68. The molecule has 1 aromatic heterocycles. The zero-order valence-electron chi connectivity index (χ0n) is 15.7. The van der Waals surface area contributed by atoms with E-state index < -0.39 is 5.91 Å². The minimum Gasteiger partial charge on any atom is -0.369 e. The van der Waals surface area contributed by atoms with Gasteiger partial charge in [-0.05, 0) is 50.0 Å². The van der Waals surface area contributed by atoms with Crippen LogP contribution < -0.4 is 5.73 Å². The number of aromatic amines is 1. The summed E-state index contributed by atoms with van der Waals surface area (Å²) in [7, 11) is 0. The van der Waals surface area contributed by atoms with Crippen molar-refractivity contribution in [2.24, 2.45) is 5.73 Å². The monoisotopic (exact) mass is 369 g/mol. The molecule has 6 heteroatoms. The molecule has 5 nitrogen and oxygen atoms in total. The molecule has 142 valence electrons. The number of fused-ring (bicyclic) bond motifs is 1. The number of H-pyrrole nitrogens is 1. The first-order valence-electron chi connectivity index (χ1n) is 9.01. The highest BCUT2D eigenvalue weighted by atomic mass is 19.1. The number of hydrogen-bond donors (Lipinski definition) is 2. The molecule has 0 aliphatic carbocycles. The highest BCUT2D eigenvalue weighted by molar-refractivity contribution is 5.97. The molecule has 3 rings (SSSR count). The molecule has 1 aliphatic heterocycles. The second-order valence-corrected chi connectivity index (χ2v) is 7.03. The highest BCUT2D eigenvalue weighted by Gasteiger charge is 2.20. The van der Waals surface area contributed by atoms with Gasteiger partial charge in [0.1, 0.15) is 5.82 Å². The van der Waals surface area contributed by atoms with Crippen molar-refractivity contribution in [3.05, 3.63) is 52.5 Å². The summed E-state index contributed by atoms with van der Waals surface area (Å²) in [5.74, 6) is -0.931. The van der Waals surface area contributed by atoms with Crippen molar-refractivity contribution in [1.82, 2.24) is 9.88 Å². The quantitative estimate of drug-likeness (QED) is 0.812. The molecule has 2 aromatic rings. The van der Waals surface area contributed by atoms with Gasteiger partial charge in [0.15, 0.2) is 0 Å². The van der Waals surface area contributed by atoms with Crippen LogP contribution in [-0.2, 0) is 16.0 Å². The molecule has 1 fully saturated rings. The van der Waals surface area contributed by atoms with E-state index in [1.807, 2.05) is 19.9 Å². The first kappa shape index (κ1) is 18.9. The largest absolute Gasteiger partial charge is 0.369 e. The number of nitrogens with one attached hydrogen (secondary N) is 1. The number of aryl methyl sites for hydroxylation is 2. The number of amides is 2. The van der Waals surface area contributed by atoms with E-state index in [-0.39, 0.29) is 18.1 Å². The number of benzene rings is 1. The van der Waals surface area contributed by atoms with Crippen LogP contribution >= 0.6 is 0 Å². The van der Waals surface area contributed by atoms with E-state index in [9.17, 15) is 14.0 Å². The predicted octanol–water partition coefficient (Wildman–Crippen LogP) is 3.14. The third kappa shape index (κ3) is 3.65. The van der Waals surface area contributed by atoms with Gasteiger partial charge in [0.25, 0.3) is 0 Å². The van der Waals surface area contributed by atoms with E-state index in [0.717, 1.165) is 27.7 Å². The minimum atomic E-state index is -0.494. The number of halogens is 1. The van der Waals surface area contributed by atoms with Crippen LogP contribution in [0.2, 0.25) is 0 Å². The molecule has 2 heterocycles. The Kier molecular flexibility index (Phi) is 5.17. The number of rotatable bonds is 4. The van der Waals surface area contributed by atoms with Crippen LogP contribution in [0.25, 0.3) is 17.0 Å². The number of nitrogens with zero attached hydrogens (tertiary/aromatic N) is 1. The fourth-order valence-corrected chi connectivity index (χ4v) is 3.68. The zero-order chi connectivity index (χ0) is 19.7. The van der Waals surface area contributed by atoms with Crippen molar-refractivity contribution < 1.29 is 14.0 Å². The lowest BCUT2D eigenvalue weighted by Crippen LogP contribution is -2.35. The Bertz CT molecular complexity index is 962. The smallest absolute Gasteiger partial charge is 0.245 e. The van der Waals surface area contributed by atoms with Crippen molar-refractivity contribution in [1.29, 1.82) is 0 Å². The molecule has 0 unspecified atom stereocenters. The van der Waals surface area contributed by atoms with E-state index in [2.05, 4.69) is 11.6 Å². The van der Waals surface area contributed by atoms with Crippen molar-refractivity contribution in [3.8, 4) is 0 Å². The van der Waals surface area contributed by atoms with Crippen molar-refractivity contribution in [2.75, 3.05) is 13.1 Å². The van der Waals surface area contributed by atoms with Crippen molar-refractivity contribution in [3.63, 3.8) is 0 Å². The molecule has 0 bridgehead atoms. The summed E-state index contributed by atoms with van der Waals surface area (Å²) >= 11 is 0. The predicted molar refractivity (Wildman–Crippen MR) is 105 cm³/mol. The molecule has 1 aromatic carbocycles. The molecule has 2 amide bonds. The SMILES string of the molecule is C=CC(=O)N1CCC(=Cc2c(F)cc(CC(N)=O)c3[nH]c(C)c(C)c23)CC1. The Hall–Kier alpha value is -2.89. The third-order valence-electron chi connectivity index (χ3n) is 5.25. The van der Waals surface area contributed by atoms with Crippen LogP contribution in [0, 0.1) is 19.7 Å². The van der Waals surface area contributed by atoms with Gasteiger partial charge in [0.2, 0.25) is 11.8 Å². The summed E-state index contributed by atoms with van der Waals surface area (Å²) < 4.78 is 14.9. The van der Waals surface area contributed by atoms with Crippen LogP contribution in [0.15, 0.2) is 24.3 Å². The molecule has 0 saturated carbocycles. The number of piperidine rings is 1. The molecular formula is C21H24FN3O2. The van der Waals surface area contributed by atoms with Gasteiger partial charge in [-0.2, -0.15) is 0 Å².